The molecule has 2 N–H and O–H groups in total. The molecule has 2 aliphatic heterocycles. The molecule has 0 radical (unpaired) electrons. The molecule has 0 bridgehead atoms. The van der Waals surface area contributed by atoms with Crippen LogP contribution >= 0.6 is 0 Å². The maximum Gasteiger partial charge on any atom is 0.0702 e. The summed E-state index contributed by atoms with van der Waals surface area (Å²) in [7, 11) is 2.17. The third-order valence-corrected chi connectivity index (χ3v) is 3.54. The van der Waals surface area contributed by atoms with Crippen molar-refractivity contribution in [3.63, 3.8) is 0 Å². The predicted molar refractivity (Wildman–Crippen MR) is 60.9 cm³/mol. The van der Waals surface area contributed by atoms with Crippen LogP contribution in [0, 0.1) is 0 Å². The fourth-order valence-electron chi connectivity index (χ4n) is 2.56. The number of hydrogen-bond donors (Lipinski definition) is 1. The molecule has 0 aliphatic carbocycles. The van der Waals surface area contributed by atoms with E-state index in [1.165, 1.54) is 12.8 Å². The zero-order valence-electron chi connectivity index (χ0n) is 9.69. The Hall–Kier alpha value is -0.160. The summed E-state index contributed by atoms with van der Waals surface area (Å²) in [6.07, 6.45) is 2.91. The van der Waals surface area contributed by atoms with Crippen molar-refractivity contribution in [2.45, 2.75) is 25.0 Å². The summed E-state index contributed by atoms with van der Waals surface area (Å²) in [5.41, 5.74) is 5.82. The average molecular weight is 213 g/mol. The fourth-order valence-corrected chi connectivity index (χ4v) is 2.56. The van der Waals surface area contributed by atoms with Crippen molar-refractivity contribution in [3.8, 4) is 0 Å². The van der Waals surface area contributed by atoms with Crippen molar-refractivity contribution in [2.75, 3.05) is 46.4 Å². The van der Waals surface area contributed by atoms with Gasteiger partial charge in [-0.2, -0.15) is 0 Å². The highest BCUT2D eigenvalue weighted by atomic mass is 16.5. The van der Waals surface area contributed by atoms with Gasteiger partial charge in [-0.3, -0.25) is 4.90 Å². The Balaban J connectivity index is 1.83. The van der Waals surface area contributed by atoms with Crippen LogP contribution in [0.1, 0.15) is 12.8 Å². The minimum absolute atomic E-state index is 0.461. The summed E-state index contributed by atoms with van der Waals surface area (Å²) in [6, 6.07) is 0.521. The van der Waals surface area contributed by atoms with E-state index in [1.807, 2.05) is 0 Å². The molecule has 0 aromatic rings. The number of nitrogens with two attached hydrogens (primary N) is 1. The van der Waals surface area contributed by atoms with E-state index in [0.29, 0.717) is 12.1 Å². The maximum atomic E-state index is 5.82. The van der Waals surface area contributed by atoms with Gasteiger partial charge in [-0.05, 0) is 19.9 Å². The molecule has 2 fully saturated rings. The lowest BCUT2D eigenvalue weighted by Crippen LogP contribution is -2.56. The van der Waals surface area contributed by atoms with Crippen LogP contribution < -0.4 is 5.73 Å². The number of nitrogens with zero attached hydrogens (tertiary/aromatic N) is 2. The van der Waals surface area contributed by atoms with Crippen molar-refractivity contribution in [3.05, 3.63) is 0 Å². The SMILES string of the molecule is CN1CCN(CC2CCCO2)C(CN)C1. The van der Waals surface area contributed by atoms with Gasteiger partial charge in [0.2, 0.25) is 0 Å². The molecule has 2 heterocycles. The van der Waals surface area contributed by atoms with Crippen LogP contribution in [0.15, 0.2) is 0 Å². The molecule has 4 heteroatoms. The highest BCUT2D eigenvalue weighted by molar-refractivity contribution is 4.83. The van der Waals surface area contributed by atoms with Gasteiger partial charge in [0, 0.05) is 45.4 Å². The largest absolute Gasteiger partial charge is 0.377 e. The van der Waals surface area contributed by atoms with E-state index in [-0.39, 0.29) is 0 Å². The third-order valence-electron chi connectivity index (χ3n) is 3.54. The zero-order chi connectivity index (χ0) is 10.7. The molecule has 0 spiro atoms. The summed E-state index contributed by atoms with van der Waals surface area (Å²) in [5.74, 6) is 0. The van der Waals surface area contributed by atoms with Crippen LogP contribution in [0.2, 0.25) is 0 Å². The maximum absolute atomic E-state index is 5.82. The molecule has 2 aliphatic rings. The first kappa shape index (κ1) is 11.3. The molecule has 0 aromatic carbocycles. The van der Waals surface area contributed by atoms with E-state index >= 15 is 0 Å². The van der Waals surface area contributed by atoms with E-state index < -0.39 is 0 Å². The molecule has 0 amide bonds. The second-order valence-corrected chi connectivity index (χ2v) is 4.78. The smallest absolute Gasteiger partial charge is 0.0702 e. The van der Waals surface area contributed by atoms with Crippen LogP contribution in [0.3, 0.4) is 0 Å². The lowest BCUT2D eigenvalue weighted by Gasteiger charge is -2.40. The monoisotopic (exact) mass is 213 g/mol. The average Bonchev–Trinajstić information content (AvgIpc) is 2.73. The lowest BCUT2D eigenvalue weighted by molar-refractivity contribution is 0.0287. The molecule has 88 valence electrons. The Kier molecular flexibility index (Phi) is 3.97. The van der Waals surface area contributed by atoms with E-state index in [4.69, 9.17) is 10.5 Å². The molecular weight excluding hydrogens is 190 g/mol. The Morgan fingerprint density at radius 2 is 2.27 bits per heavy atom. The van der Waals surface area contributed by atoms with E-state index in [2.05, 4.69) is 16.8 Å². The zero-order valence-corrected chi connectivity index (χ0v) is 9.69. The van der Waals surface area contributed by atoms with Crippen LogP contribution in [0.25, 0.3) is 0 Å². The number of piperazine rings is 1. The minimum Gasteiger partial charge on any atom is -0.377 e. The molecule has 0 aromatic heterocycles. The van der Waals surface area contributed by atoms with Crippen LogP contribution in [-0.4, -0.2) is 68.3 Å². The number of rotatable bonds is 3. The van der Waals surface area contributed by atoms with Crippen molar-refractivity contribution in [1.29, 1.82) is 0 Å². The number of ether oxygens (including phenoxy) is 1. The summed E-state index contributed by atoms with van der Waals surface area (Å²) in [6.45, 7) is 6.18. The Bertz CT molecular complexity index is 194. The van der Waals surface area contributed by atoms with Gasteiger partial charge in [0.05, 0.1) is 6.10 Å². The van der Waals surface area contributed by atoms with Gasteiger partial charge in [-0.1, -0.05) is 0 Å². The fraction of sp³-hybridized carbons (Fsp3) is 1.00. The van der Waals surface area contributed by atoms with Crippen molar-refractivity contribution in [1.82, 2.24) is 9.80 Å². The van der Waals surface area contributed by atoms with Gasteiger partial charge in [0.1, 0.15) is 0 Å². The molecule has 2 rings (SSSR count). The Morgan fingerprint density at radius 3 is 2.93 bits per heavy atom. The molecule has 4 nitrogen and oxygen atoms in total. The second kappa shape index (κ2) is 5.25. The Labute approximate surface area is 92.4 Å². The second-order valence-electron chi connectivity index (χ2n) is 4.78. The Morgan fingerprint density at radius 1 is 1.40 bits per heavy atom. The first-order valence-corrected chi connectivity index (χ1v) is 6.04. The highest BCUT2D eigenvalue weighted by Crippen LogP contribution is 2.16. The van der Waals surface area contributed by atoms with Crippen LogP contribution in [-0.2, 0) is 4.74 Å². The number of hydrogen-bond acceptors (Lipinski definition) is 4. The van der Waals surface area contributed by atoms with Gasteiger partial charge in [-0.15, -0.1) is 0 Å². The summed E-state index contributed by atoms with van der Waals surface area (Å²) >= 11 is 0. The molecule has 2 saturated heterocycles. The van der Waals surface area contributed by atoms with Crippen LogP contribution in [0.5, 0.6) is 0 Å². The predicted octanol–water partition coefficient (Wildman–Crippen LogP) is -0.260. The van der Waals surface area contributed by atoms with Crippen molar-refractivity contribution < 1.29 is 4.74 Å². The molecular formula is C11H23N3O. The minimum atomic E-state index is 0.461. The van der Waals surface area contributed by atoms with E-state index in [1.54, 1.807) is 0 Å². The van der Waals surface area contributed by atoms with Crippen LogP contribution in [0.4, 0.5) is 0 Å². The number of likely N-dealkylation sites (N-methyl/N-ethyl adjacent to an activating group) is 1. The topological polar surface area (TPSA) is 41.7 Å². The van der Waals surface area contributed by atoms with Gasteiger partial charge in [0.25, 0.3) is 0 Å². The summed E-state index contributed by atoms with van der Waals surface area (Å²) in [4.78, 5) is 4.87. The normalized spacial score (nSPS) is 34.8. The third kappa shape index (κ3) is 2.91. The highest BCUT2D eigenvalue weighted by Gasteiger charge is 2.27. The standard InChI is InChI=1S/C11H23N3O/c1-13-4-5-14(10(7-12)8-13)9-11-3-2-6-15-11/h10-11H,2-9,12H2,1H3. The van der Waals surface area contributed by atoms with Crippen molar-refractivity contribution >= 4 is 0 Å². The summed E-state index contributed by atoms with van der Waals surface area (Å²) in [5, 5.41) is 0. The van der Waals surface area contributed by atoms with Gasteiger partial charge in [0.15, 0.2) is 0 Å². The molecule has 2 unspecified atom stereocenters. The van der Waals surface area contributed by atoms with E-state index in [9.17, 15) is 0 Å². The molecule has 2 atom stereocenters. The molecule has 0 saturated carbocycles. The van der Waals surface area contributed by atoms with Crippen molar-refractivity contribution in [2.24, 2.45) is 5.73 Å². The summed E-state index contributed by atoms with van der Waals surface area (Å²) < 4.78 is 5.68. The first-order valence-electron chi connectivity index (χ1n) is 6.04. The molecule has 15 heavy (non-hydrogen) atoms. The van der Waals surface area contributed by atoms with Gasteiger partial charge in [-0.25, -0.2) is 0 Å². The quantitative estimate of drug-likeness (QED) is 0.701. The first-order chi connectivity index (χ1) is 7.29. The van der Waals surface area contributed by atoms with Gasteiger partial charge >= 0.3 is 0 Å². The van der Waals surface area contributed by atoms with E-state index in [0.717, 1.165) is 39.3 Å². The lowest BCUT2D eigenvalue weighted by atomic mass is 10.1. The van der Waals surface area contributed by atoms with Gasteiger partial charge < -0.3 is 15.4 Å².